The van der Waals surface area contributed by atoms with Gasteiger partial charge in [-0.05, 0) is 6.07 Å². The van der Waals surface area contributed by atoms with E-state index in [1.807, 2.05) is 29.0 Å². The zero-order valence-corrected chi connectivity index (χ0v) is 7.51. The van der Waals surface area contributed by atoms with Gasteiger partial charge in [0.2, 0.25) is 0 Å². The third-order valence-electron chi connectivity index (χ3n) is 2.43. The predicted molar refractivity (Wildman–Crippen MR) is 55.8 cm³/mol. The minimum absolute atomic E-state index is 0.876. The van der Waals surface area contributed by atoms with E-state index in [1.165, 1.54) is 0 Å². The van der Waals surface area contributed by atoms with Crippen molar-refractivity contribution in [2.45, 2.75) is 0 Å². The molecule has 14 heavy (non-hydrogen) atoms. The van der Waals surface area contributed by atoms with Gasteiger partial charge < -0.3 is 4.57 Å². The first-order chi connectivity index (χ1) is 6.88. The lowest BCUT2D eigenvalue weighted by Gasteiger charge is -1.93. The first-order valence-electron chi connectivity index (χ1n) is 4.38. The largest absolute Gasteiger partial charge is 0.323 e. The molecule has 0 atom stereocenters. The molecule has 0 amide bonds. The Morgan fingerprint density at radius 3 is 2.93 bits per heavy atom. The SMILES string of the molecule is [CH2]n1c2ccccc2c2cncnc21. The summed E-state index contributed by atoms with van der Waals surface area (Å²) in [5.41, 5.74) is 1.96. The van der Waals surface area contributed by atoms with E-state index >= 15 is 0 Å². The number of aromatic nitrogens is 3. The zero-order chi connectivity index (χ0) is 9.54. The van der Waals surface area contributed by atoms with Crippen LogP contribution in [0.5, 0.6) is 0 Å². The summed E-state index contributed by atoms with van der Waals surface area (Å²) in [7, 11) is 3.96. The smallest absolute Gasteiger partial charge is 0.144 e. The highest BCUT2D eigenvalue weighted by molar-refractivity contribution is 6.06. The number of para-hydroxylation sites is 1. The normalized spacial score (nSPS) is 11.2. The van der Waals surface area contributed by atoms with Crippen LogP contribution in [0.15, 0.2) is 36.8 Å². The lowest BCUT2D eigenvalue weighted by atomic mass is 10.2. The molecule has 0 fully saturated rings. The van der Waals surface area contributed by atoms with Crippen molar-refractivity contribution in [3.05, 3.63) is 43.8 Å². The quantitative estimate of drug-likeness (QED) is 0.533. The summed E-state index contributed by atoms with van der Waals surface area (Å²) >= 11 is 0. The molecule has 3 heteroatoms. The maximum absolute atomic E-state index is 4.21. The van der Waals surface area contributed by atoms with E-state index in [9.17, 15) is 0 Å². The highest BCUT2D eigenvalue weighted by Crippen LogP contribution is 2.25. The van der Waals surface area contributed by atoms with Crippen LogP contribution in [0.3, 0.4) is 0 Å². The molecule has 3 rings (SSSR count). The van der Waals surface area contributed by atoms with Crippen molar-refractivity contribution in [2.75, 3.05) is 0 Å². The average molecular weight is 182 g/mol. The van der Waals surface area contributed by atoms with Crippen molar-refractivity contribution < 1.29 is 0 Å². The third kappa shape index (κ3) is 0.812. The summed E-state index contributed by atoms with van der Waals surface area (Å²) in [5.74, 6) is 0. The van der Waals surface area contributed by atoms with Gasteiger partial charge in [0.25, 0.3) is 0 Å². The second-order valence-electron chi connectivity index (χ2n) is 3.21. The van der Waals surface area contributed by atoms with E-state index in [4.69, 9.17) is 0 Å². The molecule has 0 saturated heterocycles. The highest BCUT2D eigenvalue weighted by Gasteiger charge is 2.07. The lowest BCUT2D eigenvalue weighted by Crippen LogP contribution is -1.86. The lowest BCUT2D eigenvalue weighted by molar-refractivity contribution is 1.11. The molecule has 1 radical (unpaired) electrons. The van der Waals surface area contributed by atoms with Gasteiger partial charge in [-0.1, -0.05) is 18.2 Å². The van der Waals surface area contributed by atoms with E-state index in [1.54, 1.807) is 6.33 Å². The summed E-state index contributed by atoms with van der Waals surface area (Å²) in [4.78, 5) is 8.23. The monoisotopic (exact) mass is 182 g/mol. The number of fused-ring (bicyclic) bond motifs is 3. The van der Waals surface area contributed by atoms with Crippen LogP contribution in [0, 0.1) is 7.05 Å². The van der Waals surface area contributed by atoms with E-state index in [-0.39, 0.29) is 0 Å². The van der Waals surface area contributed by atoms with Crippen molar-refractivity contribution in [3.8, 4) is 0 Å². The number of hydrogen-bond acceptors (Lipinski definition) is 2. The van der Waals surface area contributed by atoms with E-state index in [0.29, 0.717) is 0 Å². The molecule has 2 heterocycles. The molecule has 0 aliphatic rings. The van der Waals surface area contributed by atoms with Crippen molar-refractivity contribution in [1.82, 2.24) is 14.5 Å². The maximum atomic E-state index is 4.21. The van der Waals surface area contributed by atoms with E-state index in [0.717, 1.165) is 21.9 Å². The van der Waals surface area contributed by atoms with Gasteiger partial charge in [0.1, 0.15) is 12.0 Å². The van der Waals surface area contributed by atoms with Gasteiger partial charge in [0.15, 0.2) is 0 Å². The molecular weight excluding hydrogens is 174 g/mol. The fraction of sp³-hybridized carbons (Fsp3) is 0. The molecule has 0 aliphatic heterocycles. The molecule has 0 unspecified atom stereocenters. The Labute approximate surface area is 81.0 Å². The number of hydrogen-bond donors (Lipinski definition) is 0. The van der Waals surface area contributed by atoms with Crippen molar-refractivity contribution in [1.29, 1.82) is 0 Å². The first kappa shape index (κ1) is 7.50. The molecule has 3 nitrogen and oxygen atoms in total. The second-order valence-corrected chi connectivity index (χ2v) is 3.21. The van der Waals surface area contributed by atoms with Crippen LogP contribution in [0.2, 0.25) is 0 Å². The summed E-state index contributed by atoms with van der Waals surface area (Å²) in [6.07, 6.45) is 3.37. The van der Waals surface area contributed by atoms with Gasteiger partial charge in [-0.25, -0.2) is 9.97 Å². The van der Waals surface area contributed by atoms with Crippen LogP contribution in [0.25, 0.3) is 21.9 Å². The van der Waals surface area contributed by atoms with Crippen LogP contribution in [0.4, 0.5) is 0 Å². The van der Waals surface area contributed by atoms with Crippen LogP contribution in [0.1, 0.15) is 0 Å². The van der Waals surface area contributed by atoms with Crippen LogP contribution < -0.4 is 0 Å². The Balaban J connectivity index is 2.69. The molecule has 0 aliphatic carbocycles. The van der Waals surface area contributed by atoms with Crippen molar-refractivity contribution >= 4 is 21.9 Å². The fourth-order valence-corrected chi connectivity index (χ4v) is 1.78. The summed E-state index contributed by atoms with van der Waals surface area (Å²) in [5, 5.41) is 2.20. The van der Waals surface area contributed by atoms with Crippen LogP contribution in [-0.2, 0) is 0 Å². The minimum atomic E-state index is 0.876. The summed E-state index contributed by atoms with van der Waals surface area (Å²) < 4.78 is 1.84. The average Bonchev–Trinajstić information content (AvgIpc) is 2.55. The van der Waals surface area contributed by atoms with E-state index in [2.05, 4.69) is 23.1 Å². The topological polar surface area (TPSA) is 30.7 Å². The zero-order valence-electron chi connectivity index (χ0n) is 7.51. The molecule has 67 valence electrons. The first-order valence-corrected chi connectivity index (χ1v) is 4.38. The standard InChI is InChI=1S/C11H8N3/c1-14-10-5-3-2-4-8(10)9-6-12-7-13-11(9)14/h2-7H,1H2. The molecule has 0 spiro atoms. The predicted octanol–water partition coefficient (Wildman–Crippen LogP) is 2.22. The van der Waals surface area contributed by atoms with Gasteiger partial charge in [-0.15, -0.1) is 0 Å². The Bertz CT molecular complexity index is 557. The number of rotatable bonds is 0. The van der Waals surface area contributed by atoms with Crippen molar-refractivity contribution in [3.63, 3.8) is 0 Å². The Hall–Kier alpha value is -1.90. The Kier molecular flexibility index (Phi) is 1.36. The number of nitrogens with zero attached hydrogens (tertiary/aromatic N) is 3. The molecule has 1 aromatic carbocycles. The minimum Gasteiger partial charge on any atom is -0.323 e. The molecular formula is C11H8N3. The molecule has 0 N–H and O–H groups in total. The van der Waals surface area contributed by atoms with Gasteiger partial charge in [0.05, 0.1) is 5.52 Å². The molecule has 0 saturated carbocycles. The third-order valence-corrected chi connectivity index (χ3v) is 2.43. The van der Waals surface area contributed by atoms with E-state index < -0.39 is 0 Å². The Morgan fingerprint density at radius 1 is 1.14 bits per heavy atom. The highest BCUT2D eigenvalue weighted by atomic mass is 15.0. The van der Waals surface area contributed by atoms with Gasteiger partial charge in [-0.2, -0.15) is 0 Å². The second kappa shape index (κ2) is 2.54. The van der Waals surface area contributed by atoms with Gasteiger partial charge in [0, 0.05) is 24.0 Å². The summed E-state index contributed by atoms with van der Waals surface area (Å²) in [6.45, 7) is 0. The number of benzene rings is 1. The molecule has 2 aromatic heterocycles. The molecule has 0 bridgehead atoms. The van der Waals surface area contributed by atoms with Gasteiger partial charge >= 0.3 is 0 Å². The maximum Gasteiger partial charge on any atom is 0.144 e. The Morgan fingerprint density at radius 2 is 2.00 bits per heavy atom. The van der Waals surface area contributed by atoms with Crippen LogP contribution in [-0.4, -0.2) is 14.5 Å². The fourth-order valence-electron chi connectivity index (χ4n) is 1.78. The van der Waals surface area contributed by atoms with Crippen LogP contribution >= 0.6 is 0 Å². The van der Waals surface area contributed by atoms with Gasteiger partial charge in [-0.3, -0.25) is 0 Å². The molecule has 3 aromatic rings. The summed E-state index contributed by atoms with van der Waals surface area (Å²) in [6, 6.07) is 8.10. The van der Waals surface area contributed by atoms with Crippen molar-refractivity contribution in [2.24, 2.45) is 0 Å².